The van der Waals surface area contributed by atoms with Crippen molar-refractivity contribution in [3.63, 3.8) is 0 Å². The second-order valence-corrected chi connectivity index (χ2v) is 5.66. The molecule has 0 aromatic carbocycles. The molecule has 1 aliphatic rings. The molecule has 1 saturated heterocycles. The standard InChI is InChI=1S/C12H17ClN2S/c1-2-11-9-15(5-6-16-11)12-8-14-4-3-10(12)7-13/h3-4,8,11H,2,5-7,9H2,1H3. The first kappa shape index (κ1) is 12.1. The van der Waals surface area contributed by atoms with E-state index in [1.54, 1.807) is 0 Å². The summed E-state index contributed by atoms with van der Waals surface area (Å²) in [5, 5.41) is 0.747. The van der Waals surface area contributed by atoms with Crippen molar-refractivity contribution < 1.29 is 0 Å². The Hall–Kier alpha value is -0.410. The fourth-order valence-corrected chi connectivity index (χ4v) is 3.40. The van der Waals surface area contributed by atoms with Gasteiger partial charge >= 0.3 is 0 Å². The first-order chi connectivity index (χ1) is 7.85. The third-order valence-electron chi connectivity index (χ3n) is 2.97. The predicted molar refractivity (Wildman–Crippen MR) is 72.5 cm³/mol. The van der Waals surface area contributed by atoms with Crippen LogP contribution in [0.3, 0.4) is 0 Å². The van der Waals surface area contributed by atoms with Crippen LogP contribution < -0.4 is 4.90 Å². The van der Waals surface area contributed by atoms with Crippen LogP contribution in [0.4, 0.5) is 5.69 Å². The molecule has 0 aliphatic carbocycles. The number of halogens is 1. The van der Waals surface area contributed by atoms with E-state index in [9.17, 15) is 0 Å². The third kappa shape index (κ3) is 2.64. The molecule has 1 atom stereocenters. The molecular formula is C12H17ClN2S. The second-order valence-electron chi connectivity index (χ2n) is 3.99. The summed E-state index contributed by atoms with van der Waals surface area (Å²) in [6, 6.07) is 2.02. The minimum Gasteiger partial charge on any atom is -0.368 e. The number of rotatable bonds is 3. The smallest absolute Gasteiger partial charge is 0.0598 e. The van der Waals surface area contributed by atoms with Crippen molar-refractivity contribution in [2.75, 3.05) is 23.7 Å². The summed E-state index contributed by atoms with van der Waals surface area (Å²) in [5.74, 6) is 1.77. The van der Waals surface area contributed by atoms with Gasteiger partial charge in [-0.2, -0.15) is 11.8 Å². The highest BCUT2D eigenvalue weighted by Crippen LogP contribution is 2.28. The fraction of sp³-hybridized carbons (Fsp3) is 0.583. The Labute approximate surface area is 106 Å². The molecular weight excluding hydrogens is 240 g/mol. The minimum absolute atomic E-state index is 0.568. The molecule has 0 N–H and O–H groups in total. The number of thioether (sulfide) groups is 1. The largest absolute Gasteiger partial charge is 0.368 e. The molecule has 0 bridgehead atoms. The van der Waals surface area contributed by atoms with Crippen molar-refractivity contribution in [2.24, 2.45) is 0 Å². The van der Waals surface area contributed by atoms with E-state index in [-0.39, 0.29) is 0 Å². The highest BCUT2D eigenvalue weighted by atomic mass is 35.5. The van der Waals surface area contributed by atoms with Gasteiger partial charge in [-0.15, -0.1) is 11.6 Å². The quantitative estimate of drug-likeness (QED) is 0.773. The van der Waals surface area contributed by atoms with E-state index >= 15 is 0 Å². The Kier molecular flexibility index (Phi) is 4.36. The number of aromatic nitrogens is 1. The average molecular weight is 257 g/mol. The fourth-order valence-electron chi connectivity index (χ4n) is 2.00. The molecule has 0 spiro atoms. The van der Waals surface area contributed by atoms with E-state index in [0.29, 0.717) is 5.88 Å². The minimum atomic E-state index is 0.568. The zero-order valence-electron chi connectivity index (χ0n) is 9.53. The SMILES string of the molecule is CCC1CN(c2cnccc2CCl)CCS1. The van der Waals surface area contributed by atoms with Crippen molar-refractivity contribution in [3.8, 4) is 0 Å². The molecule has 1 fully saturated rings. The summed E-state index contributed by atoms with van der Waals surface area (Å²) in [6.45, 7) is 4.49. The average Bonchev–Trinajstić information content (AvgIpc) is 2.38. The summed E-state index contributed by atoms with van der Waals surface area (Å²) in [7, 11) is 0. The van der Waals surface area contributed by atoms with Gasteiger partial charge in [-0.3, -0.25) is 4.98 Å². The van der Waals surface area contributed by atoms with E-state index in [0.717, 1.165) is 18.3 Å². The molecule has 0 saturated carbocycles. The van der Waals surface area contributed by atoms with Gasteiger partial charge < -0.3 is 4.90 Å². The van der Waals surface area contributed by atoms with Crippen LogP contribution in [0, 0.1) is 0 Å². The lowest BCUT2D eigenvalue weighted by Crippen LogP contribution is -2.38. The van der Waals surface area contributed by atoms with Crippen molar-refractivity contribution in [2.45, 2.75) is 24.5 Å². The van der Waals surface area contributed by atoms with Crippen LogP contribution in [0.2, 0.25) is 0 Å². The number of nitrogens with zero attached hydrogens (tertiary/aromatic N) is 2. The van der Waals surface area contributed by atoms with Crippen LogP contribution in [-0.2, 0) is 5.88 Å². The molecule has 1 aromatic heterocycles. The van der Waals surface area contributed by atoms with Crippen LogP contribution in [0.1, 0.15) is 18.9 Å². The van der Waals surface area contributed by atoms with Gasteiger partial charge in [0, 0.05) is 36.2 Å². The molecule has 1 unspecified atom stereocenters. The lowest BCUT2D eigenvalue weighted by Gasteiger charge is -2.34. The zero-order valence-corrected chi connectivity index (χ0v) is 11.1. The molecule has 16 heavy (non-hydrogen) atoms. The monoisotopic (exact) mass is 256 g/mol. The summed E-state index contributed by atoms with van der Waals surface area (Å²) in [6.07, 6.45) is 5.00. The summed E-state index contributed by atoms with van der Waals surface area (Å²) < 4.78 is 0. The number of anilines is 1. The van der Waals surface area contributed by atoms with E-state index < -0.39 is 0 Å². The second kappa shape index (κ2) is 5.78. The molecule has 4 heteroatoms. The zero-order chi connectivity index (χ0) is 11.4. The highest BCUT2D eigenvalue weighted by Gasteiger charge is 2.20. The maximum Gasteiger partial charge on any atom is 0.0598 e. The number of hydrogen-bond donors (Lipinski definition) is 0. The highest BCUT2D eigenvalue weighted by molar-refractivity contribution is 8.00. The van der Waals surface area contributed by atoms with Gasteiger partial charge in [0.05, 0.1) is 11.9 Å². The molecule has 1 aliphatic heterocycles. The maximum atomic E-state index is 5.96. The van der Waals surface area contributed by atoms with Gasteiger partial charge in [0.15, 0.2) is 0 Å². The van der Waals surface area contributed by atoms with Gasteiger partial charge in [-0.05, 0) is 18.1 Å². The predicted octanol–water partition coefficient (Wildman–Crippen LogP) is 3.15. The number of hydrogen-bond acceptors (Lipinski definition) is 3. The van der Waals surface area contributed by atoms with Crippen molar-refractivity contribution in [3.05, 3.63) is 24.0 Å². The van der Waals surface area contributed by atoms with Crippen molar-refractivity contribution >= 4 is 29.1 Å². The first-order valence-electron chi connectivity index (χ1n) is 5.70. The topological polar surface area (TPSA) is 16.1 Å². The Bertz CT molecular complexity index is 346. The van der Waals surface area contributed by atoms with Gasteiger partial charge in [-0.1, -0.05) is 6.92 Å². The lowest BCUT2D eigenvalue weighted by molar-refractivity contribution is 0.725. The van der Waals surface area contributed by atoms with Crippen LogP contribution >= 0.6 is 23.4 Å². The Morgan fingerprint density at radius 3 is 3.25 bits per heavy atom. The number of alkyl halides is 1. The van der Waals surface area contributed by atoms with Gasteiger partial charge in [0.2, 0.25) is 0 Å². The molecule has 0 amide bonds. The maximum absolute atomic E-state index is 5.96. The molecule has 2 nitrogen and oxygen atoms in total. The van der Waals surface area contributed by atoms with Crippen LogP contribution in [0.5, 0.6) is 0 Å². The molecule has 0 radical (unpaired) electrons. The van der Waals surface area contributed by atoms with E-state index in [4.69, 9.17) is 11.6 Å². The summed E-state index contributed by atoms with van der Waals surface area (Å²) in [4.78, 5) is 6.64. The van der Waals surface area contributed by atoms with Gasteiger partial charge in [-0.25, -0.2) is 0 Å². The van der Waals surface area contributed by atoms with Gasteiger partial charge in [0.1, 0.15) is 0 Å². The van der Waals surface area contributed by atoms with Crippen molar-refractivity contribution in [1.29, 1.82) is 0 Å². The van der Waals surface area contributed by atoms with E-state index in [2.05, 4.69) is 28.6 Å². The molecule has 2 rings (SSSR count). The molecule has 2 heterocycles. The lowest BCUT2D eigenvalue weighted by atomic mass is 10.2. The number of pyridine rings is 1. The Balaban J connectivity index is 2.16. The Morgan fingerprint density at radius 1 is 1.62 bits per heavy atom. The van der Waals surface area contributed by atoms with E-state index in [1.165, 1.54) is 23.4 Å². The van der Waals surface area contributed by atoms with Crippen LogP contribution in [0.15, 0.2) is 18.5 Å². The molecule has 88 valence electrons. The normalized spacial score (nSPS) is 21.1. The van der Waals surface area contributed by atoms with E-state index in [1.807, 2.05) is 18.5 Å². The van der Waals surface area contributed by atoms with Crippen molar-refractivity contribution in [1.82, 2.24) is 4.98 Å². The first-order valence-corrected chi connectivity index (χ1v) is 7.29. The van der Waals surface area contributed by atoms with Crippen LogP contribution in [0.25, 0.3) is 0 Å². The van der Waals surface area contributed by atoms with Gasteiger partial charge in [0.25, 0.3) is 0 Å². The Morgan fingerprint density at radius 2 is 2.50 bits per heavy atom. The van der Waals surface area contributed by atoms with Crippen LogP contribution in [-0.4, -0.2) is 29.1 Å². The summed E-state index contributed by atoms with van der Waals surface area (Å²) >= 11 is 8.04. The summed E-state index contributed by atoms with van der Waals surface area (Å²) in [5.41, 5.74) is 2.41. The third-order valence-corrected chi connectivity index (χ3v) is 4.63. The molecule has 1 aromatic rings.